The van der Waals surface area contributed by atoms with Gasteiger partial charge in [-0.1, -0.05) is 35.7 Å². The van der Waals surface area contributed by atoms with E-state index in [2.05, 4.69) is 24.9 Å². The van der Waals surface area contributed by atoms with E-state index in [4.69, 9.17) is 0 Å². The quantitative estimate of drug-likeness (QED) is 0.608. The van der Waals surface area contributed by atoms with Crippen molar-refractivity contribution in [2.45, 2.75) is 19.5 Å². The first-order chi connectivity index (χ1) is 14.4. The molecular weight excluding hydrogens is 393 g/mol. The highest BCUT2D eigenvalue weighted by Crippen LogP contribution is 2.52. The van der Waals surface area contributed by atoms with Gasteiger partial charge in [0.05, 0.1) is 17.6 Å². The van der Waals surface area contributed by atoms with Crippen LogP contribution in [0.25, 0.3) is 16.4 Å². The Kier molecular flexibility index (Phi) is 4.91. The van der Waals surface area contributed by atoms with Gasteiger partial charge in [-0.05, 0) is 36.1 Å². The average Bonchev–Trinajstić information content (AvgIpc) is 3.03. The molecule has 1 N–H and O–H groups in total. The number of rotatable bonds is 7. The van der Waals surface area contributed by atoms with Gasteiger partial charge in [-0.2, -0.15) is 0 Å². The van der Waals surface area contributed by atoms with Gasteiger partial charge < -0.3 is 15.0 Å². The summed E-state index contributed by atoms with van der Waals surface area (Å²) in [5.74, 6) is 2.72. The number of imidazole rings is 1. The Morgan fingerprint density at radius 2 is 1.90 bits per heavy atom. The summed E-state index contributed by atoms with van der Waals surface area (Å²) >= 11 is 0. The number of hydrogen-bond donors (Lipinski definition) is 1. The Morgan fingerprint density at radius 1 is 1.10 bits per heavy atom. The maximum Gasteiger partial charge on any atom is 0.573 e. The van der Waals surface area contributed by atoms with E-state index >= 15 is 0 Å². The van der Waals surface area contributed by atoms with E-state index in [0.717, 1.165) is 48.6 Å². The van der Waals surface area contributed by atoms with Crippen LogP contribution in [0.1, 0.15) is 11.4 Å². The van der Waals surface area contributed by atoms with Crippen LogP contribution in [0.2, 0.25) is 0 Å². The molecule has 0 amide bonds. The van der Waals surface area contributed by atoms with Crippen molar-refractivity contribution in [2.75, 3.05) is 19.6 Å². The molecule has 3 aromatic rings. The minimum Gasteiger partial charge on any atom is -0.658 e. The van der Waals surface area contributed by atoms with Gasteiger partial charge in [-0.3, -0.25) is 4.90 Å². The predicted molar refractivity (Wildman–Crippen MR) is 107 cm³/mol. The number of H-pyrrole nitrogens is 1. The van der Waals surface area contributed by atoms with Crippen LogP contribution in [-0.2, 0) is 13.1 Å². The summed E-state index contributed by atoms with van der Waals surface area (Å²) in [6.45, 7) is 4.11. The molecule has 2 fully saturated rings. The molecule has 158 valence electrons. The van der Waals surface area contributed by atoms with Gasteiger partial charge in [0.15, 0.2) is 0 Å². The van der Waals surface area contributed by atoms with Gasteiger partial charge in [-0.15, -0.1) is 26.3 Å². The third-order valence-corrected chi connectivity index (χ3v) is 6.03. The van der Waals surface area contributed by atoms with Crippen molar-refractivity contribution in [3.8, 4) is 5.75 Å². The highest BCUT2D eigenvalue weighted by molar-refractivity contribution is 5.74. The van der Waals surface area contributed by atoms with Gasteiger partial charge in [-0.25, -0.2) is 4.98 Å². The van der Waals surface area contributed by atoms with Crippen LogP contribution in [-0.4, -0.2) is 40.9 Å². The van der Waals surface area contributed by atoms with Crippen molar-refractivity contribution >= 4 is 11.0 Å². The lowest BCUT2D eigenvalue weighted by Gasteiger charge is -2.23. The Balaban J connectivity index is 1.06. The zero-order valence-electron chi connectivity index (χ0n) is 16.3. The number of benzene rings is 2. The predicted octanol–water partition coefficient (Wildman–Crippen LogP) is 4.71. The third kappa shape index (κ3) is 4.29. The fraction of sp³-hybridized carbons (Fsp3) is 0.409. The van der Waals surface area contributed by atoms with E-state index < -0.39 is 6.36 Å². The summed E-state index contributed by atoms with van der Waals surface area (Å²) < 4.78 is 41.0. The zero-order valence-corrected chi connectivity index (χ0v) is 16.3. The van der Waals surface area contributed by atoms with E-state index in [9.17, 15) is 13.2 Å². The first kappa shape index (κ1) is 19.4. The topological polar surface area (TPSA) is 55.2 Å². The smallest absolute Gasteiger partial charge is 0.573 e. The summed E-state index contributed by atoms with van der Waals surface area (Å²) in [6.07, 6.45) is -4.67. The minimum atomic E-state index is -4.67. The second-order valence-electron chi connectivity index (χ2n) is 8.15. The number of piperidine rings is 1. The molecule has 1 aromatic heterocycles. The van der Waals surface area contributed by atoms with Crippen molar-refractivity contribution in [1.29, 1.82) is 0 Å². The highest BCUT2D eigenvalue weighted by atomic mass is 19.4. The summed E-state index contributed by atoms with van der Waals surface area (Å²) in [5.41, 5.74) is 2.80. The molecule has 5 nitrogen and oxygen atoms in total. The molecule has 8 heteroatoms. The lowest BCUT2D eigenvalue weighted by Crippen LogP contribution is -2.25. The molecule has 30 heavy (non-hydrogen) atoms. The van der Waals surface area contributed by atoms with Crippen molar-refractivity contribution in [3.63, 3.8) is 0 Å². The number of fused-ring (bicyclic) bond motifs is 2. The number of alkyl halides is 3. The number of nitrogens with zero attached hydrogens (tertiary/aromatic N) is 3. The molecule has 1 saturated carbocycles. The fourth-order valence-electron chi connectivity index (χ4n) is 4.61. The zero-order chi connectivity index (χ0) is 20.7. The Labute approximate surface area is 172 Å². The van der Waals surface area contributed by atoms with Gasteiger partial charge in [0.2, 0.25) is 0 Å². The highest BCUT2D eigenvalue weighted by Gasteiger charge is 2.53. The van der Waals surface area contributed by atoms with Gasteiger partial charge in [0.25, 0.3) is 0 Å². The lowest BCUT2D eigenvalue weighted by molar-refractivity contribution is -0.274. The van der Waals surface area contributed by atoms with Crippen LogP contribution in [0.4, 0.5) is 13.2 Å². The summed E-state index contributed by atoms with van der Waals surface area (Å²) in [4.78, 5) is 10.5. The van der Waals surface area contributed by atoms with Crippen molar-refractivity contribution in [3.05, 3.63) is 65.2 Å². The molecule has 1 aliphatic carbocycles. The van der Waals surface area contributed by atoms with Crippen LogP contribution in [0.15, 0.2) is 48.5 Å². The van der Waals surface area contributed by atoms with E-state index in [-0.39, 0.29) is 5.75 Å². The molecule has 2 unspecified atom stereocenters. The number of hydrogen-bond acceptors (Lipinski definition) is 3. The van der Waals surface area contributed by atoms with Crippen LogP contribution >= 0.6 is 0 Å². The first-order valence-electron chi connectivity index (χ1n) is 10.1. The monoisotopic (exact) mass is 415 g/mol. The lowest BCUT2D eigenvalue weighted by atomic mass is 10.2. The summed E-state index contributed by atoms with van der Waals surface area (Å²) in [7, 11) is 0. The molecule has 2 heterocycles. The average molecular weight is 415 g/mol. The molecule has 1 aliphatic heterocycles. The van der Waals surface area contributed by atoms with Crippen molar-refractivity contribution in [2.24, 2.45) is 17.8 Å². The number of likely N-dealkylation sites (tertiary alicyclic amines) is 1. The molecule has 0 spiro atoms. The maximum atomic E-state index is 12.3. The molecule has 0 radical (unpaired) electrons. The van der Waals surface area contributed by atoms with Gasteiger partial charge >= 0.3 is 6.36 Å². The minimum absolute atomic E-state index is 0.195. The Bertz CT molecular complexity index is 989. The molecule has 2 aromatic carbocycles. The number of nitrogens with one attached hydrogen (secondary N) is 1. The van der Waals surface area contributed by atoms with Gasteiger partial charge in [0.1, 0.15) is 11.6 Å². The van der Waals surface area contributed by atoms with E-state index in [1.165, 1.54) is 12.1 Å². The van der Waals surface area contributed by atoms with E-state index in [0.29, 0.717) is 24.3 Å². The third-order valence-electron chi connectivity index (χ3n) is 6.03. The van der Waals surface area contributed by atoms with Crippen molar-refractivity contribution in [1.82, 2.24) is 14.9 Å². The summed E-state index contributed by atoms with van der Waals surface area (Å²) in [6, 6.07) is 14.1. The van der Waals surface area contributed by atoms with Crippen LogP contribution < -0.4 is 4.74 Å². The Hall–Kier alpha value is -2.58. The SMILES string of the molecule is FC(F)(F)Oc1cccc(C[N-]CC2C3CN(Cc4nc5ccccc5[nH]4)CC23)c1. The molecule has 5 rings (SSSR count). The normalized spacial score (nSPS) is 23.6. The summed E-state index contributed by atoms with van der Waals surface area (Å²) in [5, 5.41) is 4.59. The molecule has 0 bridgehead atoms. The maximum absolute atomic E-state index is 12.3. The standard InChI is InChI=1S/C22H22F3N4O/c23-22(24,25)30-15-5-3-4-14(8-15)9-26-10-16-17-11-29(12-18(16)17)13-21-27-19-6-1-2-7-20(19)28-21/h1-8,16-18H,9-13H2,(H,27,28)/q-1. The number of aromatic amines is 1. The second kappa shape index (κ2) is 7.59. The Morgan fingerprint density at radius 3 is 2.67 bits per heavy atom. The van der Waals surface area contributed by atoms with Crippen LogP contribution in [0.5, 0.6) is 5.75 Å². The first-order valence-corrected chi connectivity index (χ1v) is 10.1. The molecule has 2 aliphatic rings. The van der Waals surface area contributed by atoms with Gasteiger partial charge in [0, 0.05) is 13.1 Å². The largest absolute Gasteiger partial charge is 0.658 e. The molecule has 2 atom stereocenters. The van der Waals surface area contributed by atoms with Crippen LogP contribution in [0, 0.1) is 17.8 Å². The fourth-order valence-corrected chi connectivity index (χ4v) is 4.61. The molecular formula is C22H22F3N4O-. The number of ether oxygens (including phenoxy) is 1. The second-order valence-corrected chi connectivity index (χ2v) is 8.15. The van der Waals surface area contributed by atoms with Crippen LogP contribution in [0.3, 0.4) is 0 Å². The van der Waals surface area contributed by atoms with Crippen molar-refractivity contribution < 1.29 is 17.9 Å². The number of halogens is 3. The number of para-hydroxylation sites is 2. The van der Waals surface area contributed by atoms with E-state index in [1.807, 2.05) is 24.3 Å². The van der Waals surface area contributed by atoms with E-state index in [1.54, 1.807) is 12.1 Å². The number of aromatic nitrogens is 2. The molecule has 1 saturated heterocycles.